The molecule has 0 saturated heterocycles. The molecule has 0 saturated carbocycles. The summed E-state index contributed by atoms with van der Waals surface area (Å²) in [5.41, 5.74) is 0.0528. The molecule has 6 heteroatoms. The Morgan fingerprint density at radius 2 is 2.32 bits per heavy atom. The van der Waals surface area contributed by atoms with Crippen molar-refractivity contribution in [2.75, 3.05) is 6.54 Å². The Morgan fingerprint density at radius 1 is 1.47 bits per heavy atom. The van der Waals surface area contributed by atoms with Crippen molar-refractivity contribution in [1.29, 1.82) is 0 Å². The number of carbonyl (C=O) groups excluding carboxylic acids is 1. The van der Waals surface area contributed by atoms with Crippen LogP contribution in [0.1, 0.15) is 16.8 Å². The maximum Gasteiger partial charge on any atom is 0.254 e. The second-order valence-corrected chi connectivity index (χ2v) is 4.87. The van der Waals surface area contributed by atoms with Gasteiger partial charge in [-0.2, -0.15) is 0 Å². The highest BCUT2D eigenvalue weighted by atomic mass is 79.9. The van der Waals surface area contributed by atoms with Crippen molar-refractivity contribution in [1.82, 2.24) is 14.9 Å². The topological polar surface area (TPSA) is 46.9 Å². The van der Waals surface area contributed by atoms with E-state index in [9.17, 15) is 9.18 Å². The normalized spacial score (nSPS) is 10.4. The van der Waals surface area contributed by atoms with E-state index in [1.807, 2.05) is 10.8 Å². The molecule has 0 atom stereocenters. The number of aromatic nitrogens is 2. The van der Waals surface area contributed by atoms with E-state index < -0.39 is 11.7 Å². The summed E-state index contributed by atoms with van der Waals surface area (Å²) < 4.78 is 15.9. The van der Waals surface area contributed by atoms with Gasteiger partial charge in [0.15, 0.2) is 0 Å². The van der Waals surface area contributed by atoms with E-state index in [2.05, 4.69) is 26.2 Å². The van der Waals surface area contributed by atoms with Gasteiger partial charge < -0.3 is 9.88 Å². The van der Waals surface area contributed by atoms with Crippen molar-refractivity contribution in [2.24, 2.45) is 0 Å². The smallest absolute Gasteiger partial charge is 0.254 e. The molecule has 0 bridgehead atoms. The third-order valence-corrected chi connectivity index (χ3v) is 3.25. The minimum absolute atomic E-state index is 0.0528. The van der Waals surface area contributed by atoms with Crippen molar-refractivity contribution in [3.63, 3.8) is 0 Å². The molecule has 0 aliphatic rings. The minimum Gasteiger partial charge on any atom is -0.352 e. The summed E-state index contributed by atoms with van der Waals surface area (Å²) in [7, 11) is 0. The average molecular weight is 326 g/mol. The number of carbonyl (C=O) groups is 1. The van der Waals surface area contributed by atoms with Crippen LogP contribution in [0.25, 0.3) is 0 Å². The number of nitrogens with one attached hydrogen (secondary N) is 1. The summed E-state index contributed by atoms with van der Waals surface area (Å²) in [5, 5.41) is 2.70. The number of amides is 1. The lowest BCUT2D eigenvalue weighted by molar-refractivity contribution is 0.0948. The van der Waals surface area contributed by atoms with Gasteiger partial charge >= 0.3 is 0 Å². The molecule has 1 heterocycles. The van der Waals surface area contributed by atoms with Gasteiger partial charge in [-0.3, -0.25) is 4.79 Å². The molecule has 0 aliphatic heterocycles. The second kappa shape index (κ2) is 6.47. The molecule has 0 aliphatic carbocycles. The molecule has 0 spiro atoms. The lowest BCUT2D eigenvalue weighted by atomic mass is 10.2. The molecule has 0 radical (unpaired) electrons. The first kappa shape index (κ1) is 13.7. The predicted octanol–water partition coefficient (Wildman–Crippen LogP) is 2.60. The third kappa shape index (κ3) is 3.64. The van der Waals surface area contributed by atoms with Gasteiger partial charge in [-0.1, -0.05) is 6.07 Å². The zero-order chi connectivity index (χ0) is 13.7. The monoisotopic (exact) mass is 325 g/mol. The molecular weight excluding hydrogens is 313 g/mol. The van der Waals surface area contributed by atoms with E-state index in [1.54, 1.807) is 24.7 Å². The number of nitrogens with zero attached hydrogens (tertiary/aromatic N) is 2. The molecule has 1 N–H and O–H groups in total. The summed E-state index contributed by atoms with van der Waals surface area (Å²) >= 11 is 3.06. The van der Waals surface area contributed by atoms with E-state index in [-0.39, 0.29) is 5.56 Å². The van der Waals surface area contributed by atoms with Crippen LogP contribution < -0.4 is 5.32 Å². The van der Waals surface area contributed by atoms with Gasteiger partial charge in [-0.25, -0.2) is 9.37 Å². The van der Waals surface area contributed by atoms with Crippen LogP contribution in [0, 0.1) is 5.82 Å². The Labute approximate surface area is 118 Å². The maximum absolute atomic E-state index is 13.7. The van der Waals surface area contributed by atoms with Gasteiger partial charge in [-0.05, 0) is 34.5 Å². The van der Waals surface area contributed by atoms with Gasteiger partial charge in [0.1, 0.15) is 5.82 Å². The van der Waals surface area contributed by atoms with Crippen LogP contribution in [0.4, 0.5) is 4.39 Å². The zero-order valence-electron chi connectivity index (χ0n) is 10.1. The van der Waals surface area contributed by atoms with Crippen molar-refractivity contribution in [3.8, 4) is 0 Å². The van der Waals surface area contributed by atoms with Crippen molar-refractivity contribution < 1.29 is 9.18 Å². The number of hydrogen-bond acceptors (Lipinski definition) is 2. The summed E-state index contributed by atoms with van der Waals surface area (Å²) in [5.74, 6) is -0.931. The lowest BCUT2D eigenvalue weighted by Crippen LogP contribution is -2.26. The standard InChI is InChI=1S/C13H13BrFN3O/c14-11-4-1-3-10(12(11)15)13(19)17-5-2-7-18-8-6-16-9-18/h1,3-4,6,8-9H,2,5,7H2,(H,17,19). The molecule has 1 amide bonds. The Bertz CT molecular complexity index is 557. The number of imidazole rings is 1. The van der Waals surface area contributed by atoms with Crippen molar-refractivity contribution in [2.45, 2.75) is 13.0 Å². The minimum atomic E-state index is -0.533. The third-order valence-electron chi connectivity index (χ3n) is 2.63. The van der Waals surface area contributed by atoms with E-state index in [4.69, 9.17) is 0 Å². The first-order chi connectivity index (χ1) is 9.18. The molecule has 2 rings (SSSR count). The van der Waals surface area contributed by atoms with E-state index in [0.29, 0.717) is 11.0 Å². The van der Waals surface area contributed by atoms with Gasteiger partial charge in [0.05, 0.1) is 16.4 Å². The molecular formula is C13H13BrFN3O. The summed E-state index contributed by atoms with van der Waals surface area (Å²) in [6.07, 6.45) is 6.04. The fraction of sp³-hybridized carbons (Fsp3) is 0.231. The van der Waals surface area contributed by atoms with Crippen molar-refractivity contribution >= 4 is 21.8 Å². The molecule has 1 aromatic heterocycles. The van der Waals surface area contributed by atoms with Crippen LogP contribution in [0.15, 0.2) is 41.4 Å². The second-order valence-electron chi connectivity index (χ2n) is 4.01. The van der Waals surface area contributed by atoms with Crippen LogP contribution >= 0.6 is 15.9 Å². The van der Waals surface area contributed by atoms with Gasteiger partial charge in [0, 0.05) is 25.5 Å². The van der Waals surface area contributed by atoms with Crippen LogP contribution in [0.5, 0.6) is 0 Å². The van der Waals surface area contributed by atoms with Crippen LogP contribution in [0.2, 0.25) is 0 Å². The van der Waals surface area contributed by atoms with Crippen molar-refractivity contribution in [3.05, 3.63) is 52.8 Å². The largest absolute Gasteiger partial charge is 0.352 e. The number of benzene rings is 1. The van der Waals surface area contributed by atoms with Gasteiger partial charge in [0.2, 0.25) is 0 Å². The summed E-state index contributed by atoms with van der Waals surface area (Å²) in [6.45, 7) is 1.25. The number of hydrogen-bond donors (Lipinski definition) is 1. The van der Waals surface area contributed by atoms with Gasteiger partial charge in [0.25, 0.3) is 5.91 Å². The van der Waals surface area contributed by atoms with Gasteiger partial charge in [-0.15, -0.1) is 0 Å². The van der Waals surface area contributed by atoms with Crippen LogP contribution in [-0.2, 0) is 6.54 Å². The van der Waals surface area contributed by atoms with Crippen LogP contribution in [0.3, 0.4) is 0 Å². The quantitative estimate of drug-likeness (QED) is 0.859. The van der Waals surface area contributed by atoms with E-state index >= 15 is 0 Å². The number of halogens is 2. The molecule has 1 aromatic carbocycles. The maximum atomic E-state index is 13.7. The Hall–Kier alpha value is -1.69. The summed E-state index contributed by atoms with van der Waals surface area (Å²) in [4.78, 5) is 15.7. The highest BCUT2D eigenvalue weighted by Gasteiger charge is 2.12. The molecule has 0 unspecified atom stereocenters. The first-order valence-corrected chi connectivity index (χ1v) is 6.66. The molecule has 4 nitrogen and oxygen atoms in total. The predicted molar refractivity (Wildman–Crippen MR) is 73.3 cm³/mol. The molecule has 0 fully saturated rings. The van der Waals surface area contributed by atoms with Crippen LogP contribution in [-0.4, -0.2) is 22.0 Å². The Balaban J connectivity index is 1.83. The molecule has 2 aromatic rings. The fourth-order valence-electron chi connectivity index (χ4n) is 1.66. The molecule has 100 valence electrons. The lowest BCUT2D eigenvalue weighted by Gasteiger charge is -2.07. The van der Waals surface area contributed by atoms with E-state index in [0.717, 1.165) is 13.0 Å². The zero-order valence-corrected chi connectivity index (χ0v) is 11.7. The summed E-state index contributed by atoms with van der Waals surface area (Å²) in [6, 6.07) is 4.66. The first-order valence-electron chi connectivity index (χ1n) is 5.86. The SMILES string of the molecule is O=C(NCCCn1ccnc1)c1cccc(Br)c1F. The van der Waals surface area contributed by atoms with E-state index in [1.165, 1.54) is 6.07 Å². The Kier molecular flexibility index (Phi) is 4.68. The average Bonchev–Trinajstić information content (AvgIpc) is 2.91. The molecule has 19 heavy (non-hydrogen) atoms. The highest BCUT2D eigenvalue weighted by molar-refractivity contribution is 9.10. The Morgan fingerprint density at radius 3 is 3.05 bits per heavy atom. The number of rotatable bonds is 5. The highest BCUT2D eigenvalue weighted by Crippen LogP contribution is 2.18. The number of aryl methyl sites for hydroxylation is 1. The fourth-order valence-corrected chi connectivity index (χ4v) is 2.02.